The summed E-state index contributed by atoms with van der Waals surface area (Å²) in [4.78, 5) is 0. The summed E-state index contributed by atoms with van der Waals surface area (Å²) in [7, 11) is 1.71. The molecular weight excluding hydrogens is 236 g/mol. The van der Waals surface area contributed by atoms with E-state index in [2.05, 4.69) is 18.4 Å². The second kappa shape index (κ2) is 6.97. The first-order valence-electron chi connectivity index (χ1n) is 5.81. The Morgan fingerprint density at radius 1 is 1.47 bits per heavy atom. The average molecular weight is 257 g/mol. The van der Waals surface area contributed by atoms with E-state index >= 15 is 0 Å². The first-order chi connectivity index (χ1) is 8.10. The molecule has 2 unspecified atom stereocenters. The summed E-state index contributed by atoms with van der Waals surface area (Å²) < 4.78 is 5.10. The van der Waals surface area contributed by atoms with E-state index in [-0.39, 0.29) is 6.04 Å². The van der Waals surface area contributed by atoms with Crippen LogP contribution in [-0.4, -0.2) is 13.7 Å². The lowest BCUT2D eigenvalue weighted by atomic mass is 9.92. The summed E-state index contributed by atoms with van der Waals surface area (Å²) in [6.07, 6.45) is 0.965. The molecule has 0 heterocycles. The van der Waals surface area contributed by atoms with Crippen molar-refractivity contribution in [2.24, 2.45) is 11.8 Å². The number of methoxy groups -OCH3 is 1. The summed E-state index contributed by atoms with van der Waals surface area (Å²) in [6.45, 7) is 4.90. The van der Waals surface area contributed by atoms with Crippen molar-refractivity contribution in [3.63, 3.8) is 0 Å². The maximum Gasteiger partial charge on any atom is 0.0486 e. The van der Waals surface area contributed by atoms with E-state index in [1.54, 1.807) is 7.11 Å². The van der Waals surface area contributed by atoms with Crippen LogP contribution < -0.4 is 11.3 Å². The van der Waals surface area contributed by atoms with Gasteiger partial charge in [-0.2, -0.15) is 0 Å². The van der Waals surface area contributed by atoms with Gasteiger partial charge >= 0.3 is 0 Å². The van der Waals surface area contributed by atoms with Crippen LogP contribution in [0.5, 0.6) is 0 Å². The number of ether oxygens (including phenoxy) is 1. The number of hydrazine groups is 1. The van der Waals surface area contributed by atoms with Gasteiger partial charge in [-0.15, -0.1) is 0 Å². The molecule has 0 amide bonds. The van der Waals surface area contributed by atoms with E-state index in [0.717, 1.165) is 29.2 Å². The highest BCUT2D eigenvalue weighted by Gasteiger charge is 2.18. The standard InChI is InChI=1S/C13H21ClN2O/c1-9(6-7-17-3)13(16-15)11-4-5-12(14)10(2)8-11/h4-5,8-9,13,16H,6-7,15H2,1-3H3. The van der Waals surface area contributed by atoms with Gasteiger partial charge in [-0.25, -0.2) is 0 Å². The molecule has 0 radical (unpaired) electrons. The van der Waals surface area contributed by atoms with Crippen molar-refractivity contribution in [2.45, 2.75) is 26.3 Å². The van der Waals surface area contributed by atoms with Crippen molar-refractivity contribution in [3.8, 4) is 0 Å². The number of halogens is 1. The molecule has 0 aliphatic carbocycles. The smallest absolute Gasteiger partial charge is 0.0486 e. The highest BCUT2D eigenvalue weighted by atomic mass is 35.5. The van der Waals surface area contributed by atoms with Crippen molar-refractivity contribution in [1.29, 1.82) is 0 Å². The Labute approximate surface area is 108 Å². The lowest BCUT2D eigenvalue weighted by Gasteiger charge is -2.24. The third-order valence-corrected chi connectivity index (χ3v) is 3.49. The molecule has 1 rings (SSSR count). The van der Waals surface area contributed by atoms with Gasteiger partial charge in [0.15, 0.2) is 0 Å². The van der Waals surface area contributed by atoms with Crippen molar-refractivity contribution >= 4 is 11.6 Å². The number of benzene rings is 1. The second-order valence-corrected chi connectivity index (χ2v) is 4.82. The van der Waals surface area contributed by atoms with Gasteiger partial charge in [-0.3, -0.25) is 11.3 Å². The molecule has 1 aromatic rings. The molecule has 0 spiro atoms. The molecule has 0 saturated heterocycles. The zero-order valence-corrected chi connectivity index (χ0v) is 11.4. The first-order valence-corrected chi connectivity index (χ1v) is 6.19. The Morgan fingerprint density at radius 2 is 2.18 bits per heavy atom. The monoisotopic (exact) mass is 256 g/mol. The van der Waals surface area contributed by atoms with Crippen molar-refractivity contribution in [1.82, 2.24) is 5.43 Å². The van der Waals surface area contributed by atoms with E-state index in [1.165, 1.54) is 0 Å². The maximum absolute atomic E-state index is 6.02. The van der Waals surface area contributed by atoms with Gasteiger partial charge in [-0.05, 0) is 36.5 Å². The number of hydrogen-bond donors (Lipinski definition) is 2. The van der Waals surface area contributed by atoms with Crippen LogP contribution in [-0.2, 0) is 4.74 Å². The number of nitrogens with one attached hydrogen (secondary N) is 1. The Morgan fingerprint density at radius 3 is 2.71 bits per heavy atom. The van der Waals surface area contributed by atoms with Crippen LogP contribution in [0.1, 0.15) is 30.5 Å². The third kappa shape index (κ3) is 3.96. The predicted molar refractivity (Wildman–Crippen MR) is 71.9 cm³/mol. The van der Waals surface area contributed by atoms with Crippen LogP contribution in [0, 0.1) is 12.8 Å². The molecule has 1 aromatic carbocycles. The first kappa shape index (κ1) is 14.5. The normalized spacial score (nSPS) is 14.6. The van der Waals surface area contributed by atoms with Crippen LogP contribution in [0.4, 0.5) is 0 Å². The van der Waals surface area contributed by atoms with Gasteiger partial charge in [0.1, 0.15) is 0 Å². The maximum atomic E-state index is 6.02. The van der Waals surface area contributed by atoms with Crippen molar-refractivity contribution in [3.05, 3.63) is 34.3 Å². The SMILES string of the molecule is COCCC(C)C(NN)c1ccc(Cl)c(C)c1. The predicted octanol–water partition coefficient (Wildman–Crippen LogP) is 2.83. The van der Waals surface area contributed by atoms with Gasteiger partial charge in [0.05, 0.1) is 0 Å². The number of aryl methyl sites for hydroxylation is 1. The summed E-state index contributed by atoms with van der Waals surface area (Å²) >= 11 is 6.02. The van der Waals surface area contributed by atoms with Gasteiger partial charge in [0.25, 0.3) is 0 Å². The van der Waals surface area contributed by atoms with E-state index in [9.17, 15) is 0 Å². The second-order valence-electron chi connectivity index (χ2n) is 4.41. The molecule has 0 aliphatic heterocycles. The van der Waals surface area contributed by atoms with Crippen LogP contribution in [0.15, 0.2) is 18.2 Å². The van der Waals surface area contributed by atoms with E-state index < -0.39 is 0 Å². The molecule has 0 aliphatic rings. The molecule has 0 saturated carbocycles. The molecule has 0 aromatic heterocycles. The summed E-state index contributed by atoms with van der Waals surface area (Å²) in [5.74, 6) is 6.05. The third-order valence-electron chi connectivity index (χ3n) is 3.07. The largest absolute Gasteiger partial charge is 0.385 e. The van der Waals surface area contributed by atoms with Gasteiger partial charge in [0.2, 0.25) is 0 Å². The van der Waals surface area contributed by atoms with Crippen LogP contribution in [0.25, 0.3) is 0 Å². The Bertz CT molecular complexity index is 357. The molecule has 0 bridgehead atoms. The van der Waals surface area contributed by atoms with Crippen LogP contribution >= 0.6 is 11.6 Å². The number of rotatable bonds is 6. The molecular formula is C13H21ClN2O. The molecule has 4 heteroatoms. The number of nitrogens with two attached hydrogens (primary N) is 1. The highest BCUT2D eigenvalue weighted by molar-refractivity contribution is 6.31. The minimum absolute atomic E-state index is 0.126. The Hall–Kier alpha value is -0.610. The minimum atomic E-state index is 0.126. The Balaban J connectivity index is 2.81. The van der Waals surface area contributed by atoms with Gasteiger partial charge in [0, 0.05) is 24.8 Å². The summed E-state index contributed by atoms with van der Waals surface area (Å²) in [5, 5.41) is 0.786. The molecule has 0 fully saturated rings. The highest BCUT2D eigenvalue weighted by Crippen LogP contribution is 2.26. The average Bonchev–Trinajstić information content (AvgIpc) is 2.32. The topological polar surface area (TPSA) is 47.3 Å². The van der Waals surface area contributed by atoms with E-state index in [4.69, 9.17) is 22.2 Å². The molecule has 17 heavy (non-hydrogen) atoms. The fourth-order valence-electron chi connectivity index (χ4n) is 1.92. The van der Waals surface area contributed by atoms with E-state index in [0.29, 0.717) is 5.92 Å². The van der Waals surface area contributed by atoms with E-state index in [1.807, 2.05) is 19.1 Å². The fraction of sp³-hybridized carbons (Fsp3) is 0.538. The zero-order valence-electron chi connectivity index (χ0n) is 10.7. The number of hydrogen-bond acceptors (Lipinski definition) is 3. The van der Waals surface area contributed by atoms with Crippen molar-refractivity contribution < 1.29 is 4.74 Å². The van der Waals surface area contributed by atoms with Crippen LogP contribution in [0.2, 0.25) is 5.02 Å². The van der Waals surface area contributed by atoms with Crippen molar-refractivity contribution in [2.75, 3.05) is 13.7 Å². The minimum Gasteiger partial charge on any atom is -0.385 e. The summed E-state index contributed by atoms with van der Waals surface area (Å²) in [5.41, 5.74) is 5.11. The molecule has 2 atom stereocenters. The molecule has 96 valence electrons. The lowest BCUT2D eigenvalue weighted by Crippen LogP contribution is -2.33. The van der Waals surface area contributed by atoms with Gasteiger partial charge in [-0.1, -0.05) is 30.7 Å². The Kier molecular flexibility index (Phi) is 5.92. The van der Waals surface area contributed by atoms with Crippen LogP contribution in [0.3, 0.4) is 0 Å². The van der Waals surface area contributed by atoms with Gasteiger partial charge < -0.3 is 4.74 Å². The molecule has 3 nitrogen and oxygen atoms in total. The zero-order chi connectivity index (χ0) is 12.8. The lowest BCUT2D eigenvalue weighted by molar-refractivity contribution is 0.170. The fourth-order valence-corrected chi connectivity index (χ4v) is 2.04. The quantitative estimate of drug-likeness (QED) is 0.608. The summed E-state index contributed by atoms with van der Waals surface area (Å²) in [6, 6.07) is 6.14. The molecule has 3 N–H and O–H groups in total.